The molecule has 15 nitrogen and oxygen atoms in total. The van der Waals surface area contributed by atoms with E-state index in [1.54, 1.807) is 24.3 Å². The van der Waals surface area contributed by atoms with Gasteiger partial charge in [-0.2, -0.15) is 0 Å². The van der Waals surface area contributed by atoms with Crippen molar-refractivity contribution in [1.29, 1.82) is 0 Å². The Kier molecular flexibility index (Phi) is 11.4. The van der Waals surface area contributed by atoms with E-state index in [4.69, 9.17) is 37.9 Å². The molecular weight excluding hydrogens is 672 g/mol. The molecule has 3 aliphatic heterocycles. The molecule has 11 atom stereocenters. The van der Waals surface area contributed by atoms with Crippen molar-refractivity contribution in [2.75, 3.05) is 47.8 Å². The van der Waals surface area contributed by atoms with Crippen molar-refractivity contribution in [2.24, 2.45) is 11.8 Å². The summed E-state index contributed by atoms with van der Waals surface area (Å²) < 4.78 is 46.3. The van der Waals surface area contributed by atoms with Crippen LogP contribution in [-0.2, 0) is 18.9 Å². The molecule has 0 amide bonds. The van der Waals surface area contributed by atoms with Crippen LogP contribution in [0.25, 0.3) is 0 Å². The maximum atomic E-state index is 11.5. The molecule has 3 fully saturated rings. The maximum absolute atomic E-state index is 11.5. The van der Waals surface area contributed by atoms with Gasteiger partial charge in [-0.25, -0.2) is 0 Å². The van der Waals surface area contributed by atoms with E-state index in [0.29, 0.717) is 30.3 Å². The minimum Gasteiger partial charge on any atom is -0.504 e. The second kappa shape index (κ2) is 15.8. The Morgan fingerprint density at radius 2 is 1.27 bits per heavy atom. The predicted molar refractivity (Wildman–Crippen MR) is 176 cm³/mol. The van der Waals surface area contributed by atoms with Crippen molar-refractivity contribution in [1.82, 2.24) is 0 Å². The third-order valence-corrected chi connectivity index (χ3v) is 9.76. The van der Waals surface area contributed by atoms with E-state index in [1.165, 1.54) is 39.5 Å². The van der Waals surface area contributed by atoms with Crippen molar-refractivity contribution in [3.63, 3.8) is 0 Å². The Morgan fingerprint density at radius 3 is 1.88 bits per heavy atom. The Bertz CT molecular complexity index is 1630. The summed E-state index contributed by atoms with van der Waals surface area (Å²) in [7, 11) is 4.33. The van der Waals surface area contributed by atoms with Gasteiger partial charge in [-0.1, -0.05) is 18.2 Å². The van der Waals surface area contributed by atoms with Crippen LogP contribution in [0.15, 0.2) is 54.6 Å². The number of aliphatic hydroxyl groups excluding tert-OH is 5. The summed E-state index contributed by atoms with van der Waals surface area (Å²) in [5, 5.41) is 72.2. The Morgan fingerprint density at radius 1 is 0.706 bits per heavy atom. The summed E-state index contributed by atoms with van der Waals surface area (Å²) in [6.45, 7) is -0.157. The van der Waals surface area contributed by atoms with Gasteiger partial charge >= 0.3 is 0 Å². The smallest absolute Gasteiger partial charge is 0.186 e. The highest BCUT2D eigenvalue weighted by molar-refractivity contribution is 5.46. The van der Waals surface area contributed by atoms with Crippen LogP contribution in [0.5, 0.6) is 34.5 Å². The fraction of sp³-hybridized carbons (Fsp3) is 0.500. The third-order valence-electron chi connectivity index (χ3n) is 9.76. The zero-order chi connectivity index (χ0) is 36.4. The molecule has 0 bridgehead atoms. The van der Waals surface area contributed by atoms with Crippen molar-refractivity contribution >= 4 is 0 Å². The molecule has 6 rings (SSSR count). The molecule has 3 aliphatic rings. The van der Waals surface area contributed by atoms with Gasteiger partial charge in [-0.3, -0.25) is 0 Å². The first kappa shape index (κ1) is 36.9. The lowest BCUT2D eigenvalue weighted by atomic mass is 9.85. The van der Waals surface area contributed by atoms with Crippen LogP contribution < -0.4 is 18.9 Å². The average molecular weight is 717 g/mol. The monoisotopic (exact) mass is 716 g/mol. The lowest BCUT2D eigenvalue weighted by Gasteiger charge is -2.40. The first-order valence-corrected chi connectivity index (χ1v) is 16.5. The fourth-order valence-corrected chi connectivity index (χ4v) is 6.90. The van der Waals surface area contributed by atoms with E-state index in [9.17, 15) is 35.7 Å². The van der Waals surface area contributed by atoms with Gasteiger partial charge in [-0.15, -0.1) is 0 Å². The number of hydrogen-bond acceptors (Lipinski definition) is 15. The van der Waals surface area contributed by atoms with Gasteiger partial charge in [-0.05, 0) is 53.1 Å². The molecule has 3 aromatic carbocycles. The highest BCUT2D eigenvalue weighted by Crippen LogP contribution is 2.51. The maximum Gasteiger partial charge on any atom is 0.186 e. The largest absolute Gasteiger partial charge is 0.504 e. The van der Waals surface area contributed by atoms with E-state index < -0.39 is 56.1 Å². The zero-order valence-corrected chi connectivity index (χ0v) is 28.3. The summed E-state index contributed by atoms with van der Waals surface area (Å²) >= 11 is 0. The molecule has 15 heteroatoms. The van der Waals surface area contributed by atoms with Crippen molar-refractivity contribution < 1.29 is 73.6 Å². The van der Waals surface area contributed by atoms with Crippen molar-refractivity contribution in [3.05, 3.63) is 71.3 Å². The van der Waals surface area contributed by atoms with Gasteiger partial charge in [0.25, 0.3) is 0 Å². The summed E-state index contributed by atoms with van der Waals surface area (Å²) in [6.07, 6.45) is -10.7. The molecule has 0 aliphatic carbocycles. The normalized spacial score (nSPS) is 30.0. The fourth-order valence-electron chi connectivity index (χ4n) is 6.90. The van der Waals surface area contributed by atoms with Gasteiger partial charge in [0.15, 0.2) is 46.9 Å². The molecule has 0 unspecified atom stereocenters. The summed E-state index contributed by atoms with van der Waals surface area (Å²) in [4.78, 5) is 0. The lowest BCUT2D eigenvalue weighted by molar-refractivity contribution is -0.305. The highest BCUT2D eigenvalue weighted by Gasteiger charge is 2.48. The number of fused-ring (bicyclic) bond motifs is 1. The molecular formula is C36H44O15. The number of rotatable bonds is 13. The topological polar surface area (TPSA) is 215 Å². The Balaban J connectivity index is 1.22. The highest BCUT2D eigenvalue weighted by atomic mass is 16.7. The van der Waals surface area contributed by atoms with E-state index in [1.807, 2.05) is 12.1 Å². The molecule has 0 spiro atoms. The standard InChI is InChI=1S/C36H44O15/c1-44-25-10-17(4-7-22(25)38)30(40)29(16-49-36-33(43)32(42)31(41)28(13-37)51-36)50-24-9-6-19(12-27(24)46-3)35-21-15-47-34(20(21)14-48-35)18-5-8-23(39)26(11-18)45-2/h4-12,20-21,28-43H,13-16H2,1-3H3/t20-,21-,28+,29-,30+,31+,32+,33-,34+,35+,36-/m0/s1. The van der Waals surface area contributed by atoms with Crippen LogP contribution in [0.1, 0.15) is 35.0 Å². The van der Waals surface area contributed by atoms with Crippen LogP contribution in [0.3, 0.4) is 0 Å². The number of hydrogen-bond donors (Lipinski definition) is 7. The summed E-state index contributed by atoms with van der Waals surface area (Å²) in [5.74, 6) is 1.01. The molecule has 3 aromatic rings. The van der Waals surface area contributed by atoms with E-state index in [2.05, 4.69) is 0 Å². The first-order valence-electron chi connectivity index (χ1n) is 16.5. The molecule has 51 heavy (non-hydrogen) atoms. The number of aliphatic hydroxyl groups is 5. The average Bonchev–Trinajstić information content (AvgIpc) is 3.76. The first-order chi connectivity index (χ1) is 24.6. The van der Waals surface area contributed by atoms with E-state index in [0.717, 1.165) is 11.1 Å². The molecule has 0 saturated carbocycles. The predicted octanol–water partition coefficient (Wildman–Crippen LogP) is 1.50. The van der Waals surface area contributed by atoms with E-state index in [-0.39, 0.29) is 47.0 Å². The van der Waals surface area contributed by atoms with Crippen LogP contribution in [0, 0.1) is 11.8 Å². The van der Waals surface area contributed by atoms with Crippen molar-refractivity contribution in [2.45, 2.75) is 55.1 Å². The third kappa shape index (κ3) is 7.40. The number of phenolic OH excluding ortho intramolecular Hbond substituents is 2. The van der Waals surface area contributed by atoms with Gasteiger partial charge in [0.1, 0.15) is 30.5 Å². The quantitative estimate of drug-likeness (QED) is 0.133. The van der Waals surface area contributed by atoms with Gasteiger partial charge in [0, 0.05) is 11.8 Å². The minimum atomic E-state index is -1.67. The van der Waals surface area contributed by atoms with Gasteiger partial charge in [0.05, 0.1) is 60.0 Å². The number of phenols is 2. The molecule has 3 heterocycles. The van der Waals surface area contributed by atoms with E-state index >= 15 is 0 Å². The van der Waals surface area contributed by atoms with Crippen LogP contribution in [0.4, 0.5) is 0 Å². The Labute approximate surface area is 294 Å². The van der Waals surface area contributed by atoms with Crippen LogP contribution in [-0.4, -0.2) is 120 Å². The summed E-state index contributed by atoms with van der Waals surface area (Å²) in [6, 6.07) is 14.7. The van der Waals surface area contributed by atoms with Crippen molar-refractivity contribution in [3.8, 4) is 34.5 Å². The lowest BCUT2D eigenvalue weighted by Crippen LogP contribution is -2.59. The number of benzene rings is 3. The molecule has 278 valence electrons. The molecule has 7 N–H and O–H groups in total. The van der Waals surface area contributed by atoms with Gasteiger partial charge < -0.3 is 73.6 Å². The second-order valence-electron chi connectivity index (χ2n) is 12.7. The second-order valence-corrected chi connectivity index (χ2v) is 12.7. The summed E-state index contributed by atoms with van der Waals surface area (Å²) in [5.41, 5.74) is 2.00. The number of ether oxygens (including phenoxy) is 8. The van der Waals surface area contributed by atoms with Crippen LogP contribution in [0.2, 0.25) is 0 Å². The minimum absolute atomic E-state index is 0.0252. The van der Waals surface area contributed by atoms with Crippen LogP contribution >= 0.6 is 0 Å². The molecule has 0 radical (unpaired) electrons. The Hall–Kier alpha value is -3.90. The molecule has 3 saturated heterocycles. The zero-order valence-electron chi connectivity index (χ0n) is 28.3. The number of methoxy groups -OCH3 is 3. The number of aromatic hydroxyl groups is 2. The van der Waals surface area contributed by atoms with Gasteiger partial charge in [0.2, 0.25) is 0 Å². The molecule has 0 aromatic heterocycles. The SMILES string of the molecule is COc1cc([C@@H](O)[C@H](CO[C@H]2O[C@H](CO)[C@@H](O)[C@@H](O)[C@@H]2O)Oc2ccc([C@H]3OC[C@H]4[C@@H]3CO[C@@H]4c3ccc(O)c(OC)c3)cc2OC)ccc1O.